The van der Waals surface area contributed by atoms with Crippen molar-refractivity contribution in [1.82, 2.24) is 9.80 Å². The molecule has 94 valence electrons. The second kappa shape index (κ2) is 8.39. The molecular formula is C8H20N2O4SSr. The van der Waals surface area contributed by atoms with Crippen LogP contribution in [0.5, 0.6) is 0 Å². The summed E-state index contributed by atoms with van der Waals surface area (Å²) in [7, 11) is -3.84. The van der Waals surface area contributed by atoms with Crippen LogP contribution in [-0.4, -0.2) is 125 Å². The molecule has 0 unspecified atom stereocenters. The number of rotatable bonds is 5. The number of aliphatic hydroxyl groups excluding tert-OH is 1. The van der Waals surface area contributed by atoms with Crippen LogP contribution in [0.25, 0.3) is 0 Å². The van der Waals surface area contributed by atoms with Crippen molar-refractivity contribution >= 4 is 55.6 Å². The molecule has 1 aliphatic rings. The van der Waals surface area contributed by atoms with E-state index in [4.69, 9.17) is 9.66 Å². The molecule has 16 heavy (non-hydrogen) atoms. The van der Waals surface area contributed by atoms with E-state index in [2.05, 4.69) is 4.90 Å². The molecular weight excluding hydrogens is 308 g/mol. The summed E-state index contributed by atoms with van der Waals surface area (Å²) < 4.78 is 29.6. The van der Waals surface area contributed by atoms with E-state index >= 15 is 0 Å². The maximum atomic E-state index is 10.5. The minimum atomic E-state index is -3.84. The number of β-amino-alcohol motifs (C(OH)–C–C–N with tert-alkyl or cyclic N) is 1. The molecule has 8 heteroatoms. The average molecular weight is 328 g/mol. The van der Waals surface area contributed by atoms with Crippen molar-refractivity contribution in [2.75, 3.05) is 51.6 Å². The predicted molar refractivity (Wildman–Crippen MR) is 64.9 cm³/mol. The Morgan fingerprint density at radius 3 is 1.81 bits per heavy atom. The van der Waals surface area contributed by atoms with E-state index in [0.717, 1.165) is 26.2 Å². The predicted octanol–water partition coefficient (Wildman–Crippen LogP) is -2.43. The summed E-state index contributed by atoms with van der Waals surface area (Å²) in [6.45, 7) is 4.46. The molecule has 0 amide bonds. The molecule has 1 heterocycles. The normalized spacial score (nSPS) is 19.4. The summed E-state index contributed by atoms with van der Waals surface area (Å²) >= 11 is 0. The molecule has 0 atom stereocenters. The van der Waals surface area contributed by atoms with E-state index < -0.39 is 10.1 Å². The van der Waals surface area contributed by atoms with Crippen molar-refractivity contribution in [2.45, 2.75) is 0 Å². The number of hydrogen-bond donors (Lipinski definition) is 2. The van der Waals surface area contributed by atoms with Crippen LogP contribution in [0.2, 0.25) is 0 Å². The van der Waals surface area contributed by atoms with Crippen molar-refractivity contribution in [1.29, 1.82) is 0 Å². The first-order chi connectivity index (χ1) is 7.01. The van der Waals surface area contributed by atoms with Gasteiger partial charge in [-0.05, 0) is 0 Å². The fourth-order valence-electron chi connectivity index (χ4n) is 1.62. The molecule has 6 nitrogen and oxygen atoms in total. The van der Waals surface area contributed by atoms with E-state index in [1.807, 2.05) is 4.90 Å². The van der Waals surface area contributed by atoms with Gasteiger partial charge in [0.15, 0.2) is 0 Å². The molecule has 1 rings (SSSR count). The summed E-state index contributed by atoms with van der Waals surface area (Å²) in [5.41, 5.74) is 0. The Kier molecular flexibility index (Phi) is 9.05. The number of nitrogens with zero attached hydrogens (tertiary/aromatic N) is 2. The van der Waals surface area contributed by atoms with Crippen molar-refractivity contribution in [3.8, 4) is 0 Å². The van der Waals surface area contributed by atoms with Gasteiger partial charge < -0.3 is 5.11 Å². The SMILES string of the molecule is O=S(=O)(O)CCN1CCN(CCO)CC1.[SrH2]. The zero-order chi connectivity index (χ0) is 11.3. The third-order valence-corrected chi connectivity index (χ3v) is 3.25. The Labute approximate surface area is 134 Å². The molecule has 0 aliphatic carbocycles. The average Bonchev–Trinajstić information content (AvgIpc) is 2.16. The van der Waals surface area contributed by atoms with Crippen LogP contribution < -0.4 is 0 Å². The molecule has 0 aromatic heterocycles. The van der Waals surface area contributed by atoms with Crippen LogP contribution in [0.4, 0.5) is 0 Å². The Bertz CT molecular complexity index is 278. The second-order valence-electron chi connectivity index (χ2n) is 3.69. The third kappa shape index (κ3) is 7.57. The molecule has 1 fully saturated rings. The molecule has 0 bridgehead atoms. The minimum absolute atomic E-state index is 0. The van der Waals surface area contributed by atoms with Gasteiger partial charge in [-0.1, -0.05) is 0 Å². The van der Waals surface area contributed by atoms with Crippen molar-refractivity contribution in [3.63, 3.8) is 0 Å². The molecule has 2 N–H and O–H groups in total. The van der Waals surface area contributed by atoms with Crippen LogP contribution in [0, 0.1) is 0 Å². The van der Waals surface area contributed by atoms with Crippen molar-refractivity contribution in [3.05, 3.63) is 0 Å². The first-order valence-corrected chi connectivity index (χ1v) is 6.63. The molecule has 1 saturated heterocycles. The summed E-state index contributed by atoms with van der Waals surface area (Å²) in [4.78, 5) is 4.13. The first-order valence-electron chi connectivity index (χ1n) is 5.02. The quantitative estimate of drug-likeness (QED) is 0.432. The summed E-state index contributed by atoms with van der Waals surface area (Å²) in [5, 5.41) is 8.73. The van der Waals surface area contributed by atoms with Gasteiger partial charge in [-0.3, -0.25) is 14.4 Å². The topological polar surface area (TPSA) is 81.1 Å². The van der Waals surface area contributed by atoms with Gasteiger partial charge in [0.2, 0.25) is 0 Å². The van der Waals surface area contributed by atoms with Gasteiger partial charge in [0.25, 0.3) is 10.1 Å². The van der Waals surface area contributed by atoms with Gasteiger partial charge in [0, 0.05) is 39.3 Å². The van der Waals surface area contributed by atoms with Crippen molar-refractivity contribution in [2.24, 2.45) is 0 Å². The van der Waals surface area contributed by atoms with Crippen LogP contribution in [0.1, 0.15) is 0 Å². The van der Waals surface area contributed by atoms with Gasteiger partial charge in [0.1, 0.15) is 0 Å². The van der Waals surface area contributed by atoms with Crippen LogP contribution in [0.3, 0.4) is 0 Å². The summed E-state index contributed by atoms with van der Waals surface area (Å²) in [5.74, 6) is -0.201. The van der Waals surface area contributed by atoms with Gasteiger partial charge in [-0.15, -0.1) is 0 Å². The van der Waals surface area contributed by atoms with E-state index in [0.29, 0.717) is 13.1 Å². The first kappa shape index (κ1) is 17.3. The monoisotopic (exact) mass is 328 g/mol. The fraction of sp³-hybridized carbons (Fsp3) is 1.00. The van der Waals surface area contributed by atoms with E-state index in [-0.39, 0.29) is 57.8 Å². The number of aliphatic hydroxyl groups is 1. The number of piperazine rings is 1. The van der Waals surface area contributed by atoms with Crippen molar-refractivity contribution < 1.29 is 18.1 Å². The molecule has 0 spiro atoms. The Morgan fingerprint density at radius 2 is 1.44 bits per heavy atom. The van der Waals surface area contributed by atoms with Gasteiger partial charge in [0.05, 0.1) is 12.4 Å². The van der Waals surface area contributed by atoms with Gasteiger partial charge in [-0.2, -0.15) is 8.42 Å². The molecule has 0 saturated carbocycles. The molecule has 0 aromatic carbocycles. The van der Waals surface area contributed by atoms with E-state index in [1.165, 1.54) is 0 Å². The zero-order valence-electron chi connectivity index (χ0n) is 8.67. The standard InChI is InChI=1S/C8H18N2O4S.Sr.2H/c11-7-5-9-1-3-10(4-2-9)6-8-15(12,13)14;;;/h11H,1-8H2,(H,12,13,14);;;. The Balaban J connectivity index is 0.00000225. The van der Waals surface area contributed by atoms with Gasteiger partial charge in [-0.25, -0.2) is 0 Å². The Morgan fingerprint density at radius 1 is 1.00 bits per heavy atom. The maximum absolute atomic E-state index is 10.5. The third-order valence-electron chi connectivity index (χ3n) is 2.55. The van der Waals surface area contributed by atoms with Gasteiger partial charge >= 0.3 is 45.5 Å². The van der Waals surface area contributed by atoms with E-state index in [1.54, 1.807) is 0 Å². The summed E-state index contributed by atoms with van der Waals surface area (Å²) in [6, 6.07) is 0. The second-order valence-corrected chi connectivity index (χ2v) is 5.27. The Hall–Kier alpha value is 1.27. The van der Waals surface area contributed by atoms with Crippen LogP contribution in [-0.2, 0) is 10.1 Å². The molecule has 0 aromatic rings. The number of hydrogen-bond acceptors (Lipinski definition) is 5. The van der Waals surface area contributed by atoms with E-state index in [9.17, 15) is 8.42 Å². The van der Waals surface area contributed by atoms with Crippen LogP contribution in [0.15, 0.2) is 0 Å². The van der Waals surface area contributed by atoms with Crippen LogP contribution >= 0.6 is 0 Å². The fourth-order valence-corrected chi connectivity index (χ4v) is 2.11. The summed E-state index contributed by atoms with van der Waals surface area (Å²) in [6.07, 6.45) is 0. The zero-order valence-corrected chi connectivity index (χ0v) is 9.49. The molecule has 0 radical (unpaired) electrons. The molecule has 1 aliphatic heterocycles.